The zero-order valence-electron chi connectivity index (χ0n) is 14.0. The summed E-state index contributed by atoms with van der Waals surface area (Å²) in [4.78, 5) is 24.1. The van der Waals surface area contributed by atoms with E-state index >= 15 is 0 Å². The van der Waals surface area contributed by atoms with Crippen LogP contribution < -0.4 is 0 Å². The van der Waals surface area contributed by atoms with Gasteiger partial charge in [-0.2, -0.15) is 0 Å². The Labute approximate surface area is 146 Å². The van der Waals surface area contributed by atoms with Gasteiger partial charge in [-0.3, -0.25) is 9.59 Å². The second-order valence-electron chi connectivity index (χ2n) is 5.65. The van der Waals surface area contributed by atoms with E-state index < -0.39 is 0 Å². The summed E-state index contributed by atoms with van der Waals surface area (Å²) in [5.41, 5.74) is 3.35. The largest absolute Gasteiger partial charge is 0.465 e. The number of aromatic nitrogens is 1. The first-order valence-corrected chi connectivity index (χ1v) is 8.19. The third kappa shape index (κ3) is 4.04. The molecule has 4 heteroatoms. The summed E-state index contributed by atoms with van der Waals surface area (Å²) >= 11 is 0. The summed E-state index contributed by atoms with van der Waals surface area (Å²) in [5.74, 6) is -0.383. The minimum Gasteiger partial charge on any atom is -0.465 e. The average molecular weight is 333 g/mol. The quantitative estimate of drug-likeness (QED) is 0.507. The van der Waals surface area contributed by atoms with Gasteiger partial charge in [0.2, 0.25) is 0 Å². The summed E-state index contributed by atoms with van der Waals surface area (Å²) in [7, 11) is 0. The normalized spacial score (nSPS) is 10.4. The van der Waals surface area contributed by atoms with Crippen molar-refractivity contribution in [2.24, 2.45) is 0 Å². The molecule has 0 N–H and O–H groups in total. The van der Waals surface area contributed by atoms with Crippen LogP contribution in [0.4, 0.5) is 0 Å². The van der Waals surface area contributed by atoms with Gasteiger partial charge in [-0.25, -0.2) is 0 Å². The van der Waals surface area contributed by atoms with Crippen LogP contribution in [0.2, 0.25) is 0 Å². The number of esters is 1. The molecule has 0 bridgehead atoms. The van der Waals surface area contributed by atoms with Gasteiger partial charge in [-0.05, 0) is 24.1 Å². The monoisotopic (exact) mass is 333 g/mol. The minimum atomic E-state index is -0.315. The third-order valence-electron chi connectivity index (χ3n) is 3.88. The third-order valence-corrected chi connectivity index (χ3v) is 3.88. The van der Waals surface area contributed by atoms with E-state index in [4.69, 9.17) is 4.74 Å². The molecule has 0 spiro atoms. The minimum absolute atomic E-state index is 0.0674. The maximum atomic E-state index is 12.6. The summed E-state index contributed by atoms with van der Waals surface area (Å²) in [5, 5.41) is 0. The first-order valence-electron chi connectivity index (χ1n) is 8.19. The zero-order valence-corrected chi connectivity index (χ0v) is 14.0. The van der Waals surface area contributed by atoms with E-state index in [-0.39, 0.29) is 18.3 Å². The fraction of sp³-hybridized carbons (Fsp3) is 0.143. The SMILES string of the molecule is CCOC(=O)Cn1ccc(C(=O)c2ccc(-c3ccccc3)cc2)c1. The van der Waals surface area contributed by atoms with Crippen molar-refractivity contribution in [1.29, 1.82) is 0 Å². The second kappa shape index (κ2) is 7.62. The van der Waals surface area contributed by atoms with E-state index in [0.717, 1.165) is 11.1 Å². The Bertz CT molecular complexity index is 864. The van der Waals surface area contributed by atoms with Gasteiger partial charge in [0.1, 0.15) is 6.54 Å². The van der Waals surface area contributed by atoms with E-state index in [9.17, 15) is 9.59 Å². The van der Waals surface area contributed by atoms with Crippen molar-refractivity contribution in [3.8, 4) is 11.1 Å². The van der Waals surface area contributed by atoms with Gasteiger partial charge in [0.25, 0.3) is 0 Å². The van der Waals surface area contributed by atoms with Gasteiger partial charge in [0, 0.05) is 23.5 Å². The number of ether oxygens (including phenoxy) is 1. The highest BCUT2D eigenvalue weighted by Crippen LogP contribution is 2.20. The summed E-state index contributed by atoms with van der Waals surface area (Å²) in [6, 6.07) is 19.3. The molecule has 0 fully saturated rings. The first kappa shape index (κ1) is 16.7. The lowest BCUT2D eigenvalue weighted by molar-refractivity contribution is -0.143. The molecule has 0 atom stereocenters. The molecule has 25 heavy (non-hydrogen) atoms. The molecule has 4 nitrogen and oxygen atoms in total. The van der Waals surface area contributed by atoms with Gasteiger partial charge in [0.15, 0.2) is 5.78 Å². The molecule has 3 aromatic rings. The van der Waals surface area contributed by atoms with E-state index in [0.29, 0.717) is 17.7 Å². The predicted octanol–water partition coefficient (Wildman–Crippen LogP) is 3.95. The lowest BCUT2D eigenvalue weighted by Crippen LogP contribution is -2.12. The van der Waals surface area contributed by atoms with Crippen molar-refractivity contribution in [2.75, 3.05) is 6.61 Å². The topological polar surface area (TPSA) is 48.3 Å². The summed E-state index contributed by atoms with van der Waals surface area (Å²) in [6.45, 7) is 2.22. The lowest BCUT2D eigenvalue weighted by Gasteiger charge is -2.04. The number of ketones is 1. The molecule has 0 aliphatic rings. The summed E-state index contributed by atoms with van der Waals surface area (Å²) in [6.07, 6.45) is 3.38. The molecule has 0 amide bonds. The fourth-order valence-electron chi connectivity index (χ4n) is 2.64. The molecule has 0 aliphatic carbocycles. The smallest absolute Gasteiger partial charge is 0.325 e. The van der Waals surface area contributed by atoms with Crippen LogP contribution in [-0.4, -0.2) is 22.9 Å². The van der Waals surface area contributed by atoms with Crippen LogP contribution in [0.5, 0.6) is 0 Å². The maximum absolute atomic E-state index is 12.6. The molecule has 2 aromatic carbocycles. The Morgan fingerprint density at radius 2 is 1.56 bits per heavy atom. The number of hydrogen-bond acceptors (Lipinski definition) is 3. The average Bonchev–Trinajstić information content (AvgIpc) is 3.10. The molecule has 0 radical (unpaired) electrons. The fourth-order valence-corrected chi connectivity index (χ4v) is 2.64. The molecule has 3 rings (SSSR count). The van der Waals surface area contributed by atoms with E-state index in [1.165, 1.54) is 0 Å². The Hall–Kier alpha value is -3.14. The van der Waals surface area contributed by atoms with Crippen LogP contribution in [0.25, 0.3) is 11.1 Å². The molecule has 0 unspecified atom stereocenters. The molecular formula is C21H19NO3. The van der Waals surface area contributed by atoms with Crippen LogP contribution in [0.3, 0.4) is 0 Å². The van der Waals surface area contributed by atoms with Crippen molar-refractivity contribution in [2.45, 2.75) is 13.5 Å². The van der Waals surface area contributed by atoms with Gasteiger partial charge in [-0.1, -0.05) is 54.6 Å². The van der Waals surface area contributed by atoms with Gasteiger partial charge in [-0.15, -0.1) is 0 Å². The Balaban J connectivity index is 1.73. The number of carbonyl (C=O) groups excluding carboxylic acids is 2. The Morgan fingerprint density at radius 3 is 2.24 bits per heavy atom. The zero-order chi connectivity index (χ0) is 17.6. The number of carbonyl (C=O) groups is 2. The molecule has 0 saturated heterocycles. The van der Waals surface area contributed by atoms with Crippen LogP contribution >= 0.6 is 0 Å². The lowest BCUT2D eigenvalue weighted by atomic mass is 10.0. The molecule has 126 valence electrons. The van der Waals surface area contributed by atoms with Crippen molar-refractivity contribution in [3.05, 3.63) is 84.2 Å². The number of nitrogens with zero attached hydrogens (tertiary/aromatic N) is 1. The molecule has 0 saturated carbocycles. The highest BCUT2D eigenvalue weighted by Gasteiger charge is 2.12. The Kier molecular flexibility index (Phi) is 5.09. The number of rotatable bonds is 6. The Morgan fingerprint density at radius 1 is 0.880 bits per heavy atom. The van der Waals surface area contributed by atoms with Gasteiger partial charge >= 0.3 is 5.97 Å². The summed E-state index contributed by atoms with van der Waals surface area (Å²) < 4.78 is 6.57. The van der Waals surface area contributed by atoms with Gasteiger partial charge in [0.05, 0.1) is 6.61 Å². The number of benzene rings is 2. The number of hydrogen-bond donors (Lipinski definition) is 0. The second-order valence-corrected chi connectivity index (χ2v) is 5.65. The van der Waals surface area contributed by atoms with Crippen LogP contribution in [-0.2, 0) is 16.1 Å². The van der Waals surface area contributed by atoms with Crippen molar-refractivity contribution in [1.82, 2.24) is 4.57 Å². The van der Waals surface area contributed by atoms with Crippen molar-refractivity contribution in [3.63, 3.8) is 0 Å². The van der Waals surface area contributed by atoms with Gasteiger partial charge < -0.3 is 9.30 Å². The molecule has 1 heterocycles. The highest BCUT2D eigenvalue weighted by atomic mass is 16.5. The van der Waals surface area contributed by atoms with Crippen LogP contribution in [0, 0.1) is 0 Å². The van der Waals surface area contributed by atoms with E-state index in [1.807, 2.05) is 54.6 Å². The van der Waals surface area contributed by atoms with Crippen molar-refractivity contribution < 1.29 is 14.3 Å². The van der Waals surface area contributed by atoms with Crippen molar-refractivity contribution >= 4 is 11.8 Å². The van der Waals surface area contributed by atoms with Crippen LogP contribution in [0.15, 0.2) is 73.1 Å². The van der Waals surface area contributed by atoms with E-state index in [1.54, 1.807) is 30.0 Å². The molecule has 1 aromatic heterocycles. The predicted molar refractivity (Wildman–Crippen MR) is 96.4 cm³/mol. The standard InChI is InChI=1S/C21H19NO3/c1-2-25-20(23)15-22-13-12-19(14-22)21(24)18-10-8-17(9-11-18)16-6-4-3-5-7-16/h3-14H,2,15H2,1H3. The highest BCUT2D eigenvalue weighted by molar-refractivity contribution is 6.09. The first-order chi connectivity index (χ1) is 12.2. The molecular weight excluding hydrogens is 314 g/mol. The van der Waals surface area contributed by atoms with E-state index in [2.05, 4.69) is 0 Å². The maximum Gasteiger partial charge on any atom is 0.325 e. The molecule has 0 aliphatic heterocycles. The van der Waals surface area contributed by atoms with Crippen LogP contribution in [0.1, 0.15) is 22.8 Å².